The van der Waals surface area contributed by atoms with Crippen LogP contribution >= 0.6 is 0 Å². The van der Waals surface area contributed by atoms with Crippen LogP contribution in [0.1, 0.15) is 22.5 Å². The fourth-order valence-electron chi connectivity index (χ4n) is 3.31. The zero-order chi connectivity index (χ0) is 22.3. The number of rotatable bonds is 8. The van der Waals surface area contributed by atoms with Gasteiger partial charge in [0.1, 0.15) is 17.7 Å². The van der Waals surface area contributed by atoms with Gasteiger partial charge in [-0.25, -0.2) is 9.37 Å². The van der Waals surface area contributed by atoms with Crippen molar-refractivity contribution in [3.63, 3.8) is 0 Å². The molecule has 9 heteroatoms. The highest BCUT2D eigenvalue weighted by molar-refractivity contribution is 6.45. The largest absolute Gasteiger partial charge is 0.496 e. The van der Waals surface area contributed by atoms with E-state index in [1.807, 2.05) is 23.1 Å². The Balaban J connectivity index is 1.48. The van der Waals surface area contributed by atoms with E-state index in [1.165, 1.54) is 30.5 Å². The summed E-state index contributed by atoms with van der Waals surface area (Å²) in [6, 6.07) is 12.8. The van der Waals surface area contributed by atoms with Crippen LogP contribution < -0.4 is 15.7 Å². The van der Waals surface area contributed by atoms with Crippen molar-refractivity contribution in [1.82, 2.24) is 9.97 Å². The molecule has 0 spiro atoms. The SMILES string of the molecule is O=C(Nc1ccc(F)cc1)c1ccc(N(Cc2ccc(BO)cn2)CC2CC=CO2)nc1. The van der Waals surface area contributed by atoms with Crippen molar-refractivity contribution in [2.24, 2.45) is 0 Å². The van der Waals surface area contributed by atoms with E-state index in [-0.39, 0.29) is 25.3 Å². The molecule has 1 aliphatic rings. The van der Waals surface area contributed by atoms with E-state index in [4.69, 9.17) is 4.74 Å². The van der Waals surface area contributed by atoms with Crippen LogP contribution in [0.4, 0.5) is 15.9 Å². The second-order valence-corrected chi connectivity index (χ2v) is 7.43. The van der Waals surface area contributed by atoms with Gasteiger partial charge in [-0.15, -0.1) is 0 Å². The van der Waals surface area contributed by atoms with Crippen LogP contribution in [-0.2, 0) is 11.3 Å². The molecule has 7 nitrogen and oxygen atoms in total. The molecule has 32 heavy (non-hydrogen) atoms. The molecular formula is C23H22BFN4O3. The number of halogens is 1. The number of hydrogen-bond acceptors (Lipinski definition) is 6. The van der Waals surface area contributed by atoms with Crippen LogP contribution in [0.5, 0.6) is 0 Å². The summed E-state index contributed by atoms with van der Waals surface area (Å²) in [5.74, 6) is -0.00490. The number of ether oxygens (including phenoxy) is 1. The van der Waals surface area contributed by atoms with Crippen molar-refractivity contribution in [2.75, 3.05) is 16.8 Å². The van der Waals surface area contributed by atoms with E-state index in [0.717, 1.165) is 17.6 Å². The molecule has 162 valence electrons. The first-order valence-corrected chi connectivity index (χ1v) is 10.2. The lowest BCUT2D eigenvalue weighted by Crippen LogP contribution is -2.33. The van der Waals surface area contributed by atoms with Crippen molar-refractivity contribution in [1.29, 1.82) is 0 Å². The topological polar surface area (TPSA) is 87.6 Å². The molecule has 2 N–H and O–H groups in total. The summed E-state index contributed by atoms with van der Waals surface area (Å²) in [6.45, 7) is 1.10. The van der Waals surface area contributed by atoms with E-state index in [9.17, 15) is 14.2 Å². The molecule has 0 bridgehead atoms. The number of aromatic nitrogens is 2. The van der Waals surface area contributed by atoms with Gasteiger partial charge in [0.15, 0.2) is 0 Å². The predicted molar refractivity (Wildman–Crippen MR) is 122 cm³/mol. The summed E-state index contributed by atoms with van der Waals surface area (Å²) >= 11 is 0. The Bertz CT molecular complexity index is 1070. The summed E-state index contributed by atoms with van der Waals surface area (Å²) < 4.78 is 18.7. The molecule has 1 aliphatic heterocycles. The maximum atomic E-state index is 13.1. The minimum absolute atomic E-state index is 0.00923. The lowest BCUT2D eigenvalue weighted by atomic mass is 9.91. The highest BCUT2D eigenvalue weighted by Crippen LogP contribution is 2.19. The number of nitrogens with zero attached hydrogens (tertiary/aromatic N) is 3. The maximum Gasteiger partial charge on any atom is 0.306 e. The molecule has 4 rings (SSSR count). The number of anilines is 2. The second kappa shape index (κ2) is 10.1. The van der Waals surface area contributed by atoms with Crippen LogP contribution in [0.2, 0.25) is 0 Å². The Kier molecular flexibility index (Phi) is 6.76. The summed E-state index contributed by atoms with van der Waals surface area (Å²) in [5, 5.41) is 11.9. The van der Waals surface area contributed by atoms with E-state index in [1.54, 1.807) is 24.6 Å². The Hall–Kier alpha value is -3.72. The van der Waals surface area contributed by atoms with Gasteiger partial charge in [-0.2, -0.15) is 0 Å². The first-order chi connectivity index (χ1) is 15.6. The highest BCUT2D eigenvalue weighted by atomic mass is 19.1. The van der Waals surface area contributed by atoms with Gasteiger partial charge in [-0.05, 0) is 54.0 Å². The molecule has 1 unspecified atom stereocenters. The maximum absolute atomic E-state index is 13.1. The third kappa shape index (κ3) is 5.50. The average molecular weight is 432 g/mol. The molecule has 1 aromatic carbocycles. The quantitative estimate of drug-likeness (QED) is 0.531. The van der Waals surface area contributed by atoms with Crippen molar-refractivity contribution >= 4 is 30.4 Å². The summed E-state index contributed by atoms with van der Waals surface area (Å²) in [4.78, 5) is 23.4. The fraction of sp³-hybridized carbons (Fsp3) is 0.174. The Labute approximate surface area is 185 Å². The standard InChI is InChI=1S/C23H22BFN4O3/c25-18-5-8-19(9-6-18)28-23(30)16-3-10-22(27-12-16)29(15-21-2-1-11-32-21)14-20-7-4-17(24-31)13-26-20/h1,3-13,21,24,31H,2,14-15H2,(H,28,30). The minimum Gasteiger partial charge on any atom is -0.496 e. The van der Waals surface area contributed by atoms with Gasteiger partial charge in [-0.3, -0.25) is 9.78 Å². The number of carbonyl (C=O) groups excluding carboxylic acids is 1. The predicted octanol–water partition coefficient (Wildman–Crippen LogP) is 2.15. The van der Waals surface area contributed by atoms with Crippen LogP contribution in [-0.4, -0.2) is 41.0 Å². The van der Waals surface area contributed by atoms with Gasteiger partial charge in [0, 0.05) is 24.5 Å². The summed E-state index contributed by atoms with van der Waals surface area (Å²) in [5.41, 5.74) is 2.47. The zero-order valence-corrected chi connectivity index (χ0v) is 17.3. The van der Waals surface area contributed by atoms with Crippen LogP contribution in [0.25, 0.3) is 0 Å². The first kappa shape index (κ1) is 21.5. The smallest absolute Gasteiger partial charge is 0.306 e. The average Bonchev–Trinajstić information content (AvgIpc) is 3.34. The van der Waals surface area contributed by atoms with Crippen LogP contribution in [0, 0.1) is 5.82 Å². The van der Waals surface area contributed by atoms with Gasteiger partial charge < -0.3 is 20.0 Å². The zero-order valence-electron chi connectivity index (χ0n) is 17.3. The third-order valence-electron chi connectivity index (χ3n) is 5.05. The molecule has 0 saturated carbocycles. The number of benzene rings is 1. The number of hydrogen-bond donors (Lipinski definition) is 2. The Morgan fingerprint density at radius 1 is 1.16 bits per heavy atom. The van der Waals surface area contributed by atoms with Crippen molar-refractivity contribution in [3.8, 4) is 0 Å². The molecule has 3 aromatic rings. The third-order valence-corrected chi connectivity index (χ3v) is 5.05. The molecule has 0 saturated heterocycles. The normalized spacial score (nSPS) is 14.6. The van der Waals surface area contributed by atoms with E-state index in [0.29, 0.717) is 30.2 Å². The monoisotopic (exact) mass is 432 g/mol. The number of amides is 1. The van der Waals surface area contributed by atoms with Crippen molar-refractivity contribution in [3.05, 3.63) is 90.3 Å². The van der Waals surface area contributed by atoms with Gasteiger partial charge in [0.05, 0.1) is 30.6 Å². The first-order valence-electron chi connectivity index (χ1n) is 10.2. The lowest BCUT2D eigenvalue weighted by Gasteiger charge is -2.26. The van der Waals surface area contributed by atoms with Gasteiger partial charge in [0.25, 0.3) is 5.91 Å². The molecule has 1 atom stereocenters. The molecular weight excluding hydrogens is 410 g/mol. The lowest BCUT2D eigenvalue weighted by molar-refractivity contribution is 0.102. The highest BCUT2D eigenvalue weighted by Gasteiger charge is 2.19. The van der Waals surface area contributed by atoms with E-state index < -0.39 is 0 Å². The Morgan fingerprint density at radius 3 is 2.62 bits per heavy atom. The number of carbonyl (C=O) groups is 1. The van der Waals surface area contributed by atoms with Gasteiger partial charge >= 0.3 is 7.48 Å². The molecule has 2 aromatic heterocycles. The van der Waals surface area contributed by atoms with Crippen molar-refractivity contribution in [2.45, 2.75) is 19.1 Å². The van der Waals surface area contributed by atoms with Gasteiger partial charge in [-0.1, -0.05) is 6.07 Å². The number of pyridine rings is 2. The number of nitrogens with one attached hydrogen (secondary N) is 1. The van der Waals surface area contributed by atoms with Gasteiger partial charge in [0.2, 0.25) is 0 Å². The second-order valence-electron chi connectivity index (χ2n) is 7.43. The Morgan fingerprint density at radius 2 is 2.00 bits per heavy atom. The van der Waals surface area contributed by atoms with Crippen LogP contribution in [0.3, 0.4) is 0 Å². The molecule has 1 amide bonds. The fourth-order valence-corrected chi connectivity index (χ4v) is 3.31. The molecule has 0 radical (unpaired) electrons. The molecule has 3 heterocycles. The van der Waals surface area contributed by atoms with Crippen LogP contribution in [0.15, 0.2) is 73.3 Å². The minimum atomic E-state index is -0.365. The summed E-state index contributed by atoms with van der Waals surface area (Å²) in [6.07, 6.45) is 7.66. The van der Waals surface area contributed by atoms with Crippen molar-refractivity contribution < 1.29 is 18.9 Å². The molecule has 0 aliphatic carbocycles. The molecule has 0 fully saturated rings. The summed E-state index contributed by atoms with van der Waals surface area (Å²) in [7, 11) is -0.0540. The van der Waals surface area contributed by atoms with E-state index in [2.05, 4.69) is 15.3 Å². The van der Waals surface area contributed by atoms with E-state index >= 15 is 0 Å².